The van der Waals surface area contributed by atoms with E-state index in [1.165, 1.54) is 0 Å². The van der Waals surface area contributed by atoms with Gasteiger partial charge in [-0.3, -0.25) is 4.79 Å². The molecular formula is C9H16O2. The second kappa shape index (κ2) is 5.71. The molecule has 0 fully saturated rings. The van der Waals surface area contributed by atoms with Crippen LogP contribution in [0.25, 0.3) is 0 Å². The first-order valence-corrected chi connectivity index (χ1v) is 3.33. The van der Waals surface area contributed by atoms with E-state index in [2.05, 4.69) is 13.2 Å². The predicted molar refractivity (Wildman–Crippen MR) is 47.5 cm³/mol. The van der Waals surface area contributed by atoms with E-state index in [0.717, 1.165) is 0 Å². The SMILES string of the molecule is C=CC=C.CC(C)(C)C(=O)O. The molecule has 0 aromatic carbocycles. The Morgan fingerprint density at radius 1 is 1.27 bits per heavy atom. The molecule has 0 aromatic rings. The molecule has 2 heteroatoms. The van der Waals surface area contributed by atoms with Crippen molar-refractivity contribution in [1.29, 1.82) is 0 Å². The van der Waals surface area contributed by atoms with Gasteiger partial charge in [-0.15, -0.1) is 0 Å². The minimum absolute atomic E-state index is 0.583. The molecule has 0 radical (unpaired) electrons. The van der Waals surface area contributed by atoms with Gasteiger partial charge in [-0.25, -0.2) is 0 Å². The molecule has 2 nitrogen and oxygen atoms in total. The lowest BCUT2D eigenvalue weighted by atomic mass is 9.98. The largest absolute Gasteiger partial charge is 0.481 e. The van der Waals surface area contributed by atoms with Crippen molar-refractivity contribution in [2.75, 3.05) is 0 Å². The molecule has 0 aliphatic rings. The zero-order chi connectivity index (χ0) is 9.49. The third kappa shape index (κ3) is 12.2. The standard InChI is InChI=1S/C5H10O2.C4H6/c1-5(2,3)4(6)7;1-3-4-2/h1-3H3,(H,6,7);3-4H,1-2H2. The lowest BCUT2D eigenvalue weighted by Crippen LogP contribution is -2.18. The highest BCUT2D eigenvalue weighted by atomic mass is 16.4. The van der Waals surface area contributed by atoms with Gasteiger partial charge in [0.1, 0.15) is 0 Å². The Labute approximate surface area is 68.2 Å². The van der Waals surface area contributed by atoms with Crippen LogP contribution in [0.4, 0.5) is 0 Å². The highest BCUT2D eigenvalue weighted by molar-refractivity contribution is 5.72. The predicted octanol–water partition coefficient (Wildman–Crippen LogP) is 2.48. The lowest BCUT2D eigenvalue weighted by Gasteiger charge is -2.08. The third-order valence-corrected chi connectivity index (χ3v) is 0.808. The van der Waals surface area contributed by atoms with Gasteiger partial charge in [0.05, 0.1) is 5.41 Å². The van der Waals surface area contributed by atoms with Gasteiger partial charge in [0, 0.05) is 0 Å². The Hall–Kier alpha value is -1.05. The first kappa shape index (κ1) is 12.6. The van der Waals surface area contributed by atoms with Crippen molar-refractivity contribution in [3.8, 4) is 0 Å². The van der Waals surface area contributed by atoms with Crippen molar-refractivity contribution in [2.24, 2.45) is 5.41 Å². The number of carbonyl (C=O) groups is 1. The van der Waals surface area contributed by atoms with Gasteiger partial charge < -0.3 is 5.11 Å². The fourth-order valence-corrected chi connectivity index (χ4v) is 0. The quantitative estimate of drug-likeness (QED) is 0.592. The second-order valence-electron chi connectivity index (χ2n) is 3.03. The number of allylic oxidation sites excluding steroid dienone is 2. The molecule has 0 atom stereocenters. The normalized spacial score (nSPS) is 9.00. The molecule has 0 heterocycles. The maximum absolute atomic E-state index is 10.0. The Balaban J connectivity index is 0. The Kier molecular flexibility index (Phi) is 6.55. The molecule has 0 bridgehead atoms. The molecule has 11 heavy (non-hydrogen) atoms. The number of hydrogen-bond acceptors (Lipinski definition) is 1. The summed E-state index contributed by atoms with van der Waals surface area (Å²) in [5.41, 5.74) is -0.583. The molecule has 0 saturated carbocycles. The summed E-state index contributed by atoms with van der Waals surface area (Å²) >= 11 is 0. The van der Waals surface area contributed by atoms with Crippen LogP contribution in [0.2, 0.25) is 0 Å². The molecule has 0 amide bonds. The van der Waals surface area contributed by atoms with Crippen LogP contribution in [0.15, 0.2) is 25.3 Å². The monoisotopic (exact) mass is 156 g/mol. The van der Waals surface area contributed by atoms with Crippen LogP contribution in [-0.2, 0) is 4.79 Å². The maximum Gasteiger partial charge on any atom is 0.308 e. The van der Waals surface area contributed by atoms with Gasteiger partial charge in [-0.2, -0.15) is 0 Å². The van der Waals surface area contributed by atoms with Gasteiger partial charge in [-0.05, 0) is 20.8 Å². The molecule has 0 saturated heterocycles. The number of carboxylic acid groups (broad SMARTS) is 1. The van der Waals surface area contributed by atoms with Crippen LogP contribution in [0.5, 0.6) is 0 Å². The summed E-state index contributed by atoms with van der Waals surface area (Å²) in [6.07, 6.45) is 3.28. The van der Waals surface area contributed by atoms with Crippen LogP contribution in [-0.4, -0.2) is 11.1 Å². The van der Waals surface area contributed by atoms with Crippen molar-refractivity contribution < 1.29 is 9.90 Å². The molecule has 0 rings (SSSR count). The zero-order valence-corrected chi connectivity index (χ0v) is 7.42. The van der Waals surface area contributed by atoms with E-state index >= 15 is 0 Å². The summed E-state index contributed by atoms with van der Waals surface area (Å²) in [6.45, 7) is 11.7. The lowest BCUT2D eigenvalue weighted by molar-refractivity contribution is -0.145. The average molecular weight is 156 g/mol. The van der Waals surface area contributed by atoms with Crippen LogP contribution < -0.4 is 0 Å². The Morgan fingerprint density at radius 2 is 1.45 bits per heavy atom. The molecule has 0 aromatic heterocycles. The van der Waals surface area contributed by atoms with Crippen molar-refractivity contribution in [1.82, 2.24) is 0 Å². The van der Waals surface area contributed by atoms with Crippen LogP contribution >= 0.6 is 0 Å². The van der Waals surface area contributed by atoms with Gasteiger partial charge >= 0.3 is 5.97 Å². The van der Waals surface area contributed by atoms with E-state index in [1.807, 2.05) is 0 Å². The molecule has 0 aliphatic carbocycles. The fourth-order valence-electron chi connectivity index (χ4n) is 0. The van der Waals surface area contributed by atoms with E-state index in [1.54, 1.807) is 32.9 Å². The minimum atomic E-state index is -0.757. The summed E-state index contributed by atoms with van der Waals surface area (Å²) in [4.78, 5) is 10.0. The maximum atomic E-state index is 10.0. The topological polar surface area (TPSA) is 37.3 Å². The highest BCUT2D eigenvalue weighted by Gasteiger charge is 2.18. The first-order valence-electron chi connectivity index (χ1n) is 3.33. The van der Waals surface area contributed by atoms with Crippen LogP contribution in [0.3, 0.4) is 0 Å². The van der Waals surface area contributed by atoms with Gasteiger partial charge in [0.2, 0.25) is 0 Å². The second-order valence-corrected chi connectivity index (χ2v) is 3.03. The zero-order valence-electron chi connectivity index (χ0n) is 7.42. The molecular weight excluding hydrogens is 140 g/mol. The smallest absolute Gasteiger partial charge is 0.308 e. The summed E-state index contributed by atoms with van der Waals surface area (Å²) < 4.78 is 0. The van der Waals surface area contributed by atoms with Crippen molar-refractivity contribution in [2.45, 2.75) is 20.8 Å². The van der Waals surface area contributed by atoms with Gasteiger partial charge in [-0.1, -0.05) is 25.3 Å². The van der Waals surface area contributed by atoms with E-state index < -0.39 is 11.4 Å². The number of hydrogen-bond donors (Lipinski definition) is 1. The Bertz CT molecular complexity index is 134. The van der Waals surface area contributed by atoms with Gasteiger partial charge in [0.25, 0.3) is 0 Å². The van der Waals surface area contributed by atoms with Crippen molar-refractivity contribution in [3.63, 3.8) is 0 Å². The molecule has 1 N–H and O–H groups in total. The van der Waals surface area contributed by atoms with E-state index in [-0.39, 0.29) is 0 Å². The average Bonchev–Trinajstić information content (AvgIpc) is 1.87. The first-order chi connectivity index (χ1) is 4.86. The van der Waals surface area contributed by atoms with Crippen molar-refractivity contribution >= 4 is 5.97 Å². The molecule has 64 valence electrons. The summed E-state index contributed by atoms with van der Waals surface area (Å²) in [5.74, 6) is -0.757. The summed E-state index contributed by atoms with van der Waals surface area (Å²) in [5, 5.41) is 8.25. The summed E-state index contributed by atoms with van der Waals surface area (Å²) in [7, 11) is 0. The number of rotatable bonds is 1. The number of carboxylic acids is 1. The van der Waals surface area contributed by atoms with E-state index in [4.69, 9.17) is 5.11 Å². The molecule has 0 aliphatic heterocycles. The molecule has 0 unspecified atom stereocenters. The highest BCUT2D eigenvalue weighted by Crippen LogP contribution is 2.11. The van der Waals surface area contributed by atoms with Crippen LogP contribution in [0.1, 0.15) is 20.8 Å². The Morgan fingerprint density at radius 3 is 1.45 bits per heavy atom. The van der Waals surface area contributed by atoms with Crippen LogP contribution in [0, 0.1) is 5.41 Å². The van der Waals surface area contributed by atoms with E-state index in [9.17, 15) is 4.79 Å². The van der Waals surface area contributed by atoms with Gasteiger partial charge in [0.15, 0.2) is 0 Å². The molecule has 0 spiro atoms. The minimum Gasteiger partial charge on any atom is -0.481 e. The third-order valence-electron chi connectivity index (χ3n) is 0.808. The van der Waals surface area contributed by atoms with Crippen molar-refractivity contribution in [3.05, 3.63) is 25.3 Å². The fraction of sp³-hybridized carbons (Fsp3) is 0.444. The van der Waals surface area contributed by atoms with E-state index in [0.29, 0.717) is 0 Å². The summed E-state index contributed by atoms with van der Waals surface area (Å²) in [6, 6.07) is 0. The number of aliphatic carboxylic acids is 1.